The molecule has 0 aliphatic rings. The van der Waals surface area contributed by atoms with Gasteiger partial charge in [-0.3, -0.25) is 0 Å². The van der Waals surface area contributed by atoms with E-state index in [2.05, 4.69) is 46.6 Å². The number of nitrogens with zero attached hydrogens (tertiary/aromatic N) is 2. The van der Waals surface area contributed by atoms with Crippen LogP contribution >= 0.6 is 0 Å². The van der Waals surface area contributed by atoms with Gasteiger partial charge in [0.1, 0.15) is 23.9 Å². The largest absolute Gasteiger partial charge is 0.497 e. The Labute approximate surface area is 166 Å². The molecule has 28 heavy (non-hydrogen) atoms. The summed E-state index contributed by atoms with van der Waals surface area (Å²) in [5.41, 5.74) is 4.28. The molecule has 6 heteroatoms. The van der Waals surface area contributed by atoms with Gasteiger partial charge in [0.05, 0.1) is 13.7 Å². The molecule has 2 N–H and O–H groups in total. The highest BCUT2D eigenvalue weighted by atomic mass is 16.5. The Morgan fingerprint density at radius 3 is 2.36 bits per heavy atom. The third-order valence-electron chi connectivity index (χ3n) is 4.22. The van der Waals surface area contributed by atoms with Gasteiger partial charge in [-0.05, 0) is 56.7 Å². The first-order chi connectivity index (χ1) is 13.5. The zero-order chi connectivity index (χ0) is 19.9. The number of hydrogen-bond acceptors (Lipinski definition) is 6. The van der Waals surface area contributed by atoms with Crippen molar-refractivity contribution in [3.8, 4) is 11.5 Å². The standard InChI is InChI=1S/C22H26N4O2/c1-15-5-10-20(16(2)13-15)25-22-24-17(3)14-21(26-22)23-11-12-28-19-8-6-18(27-4)7-9-19/h5-10,13-14H,11-12H2,1-4H3,(H2,23,24,25,26). The molecule has 0 spiro atoms. The predicted molar refractivity (Wildman–Crippen MR) is 113 cm³/mol. The average Bonchev–Trinajstić information content (AvgIpc) is 2.67. The minimum atomic E-state index is 0.523. The van der Waals surface area contributed by atoms with Crippen molar-refractivity contribution in [2.24, 2.45) is 0 Å². The van der Waals surface area contributed by atoms with E-state index < -0.39 is 0 Å². The van der Waals surface area contributed by atoms with Crippen LogP contribution in [0, 0.1) is 20.8 Å². The summed E-state index contributed by atoms with van der Waals surface area (Å²) in [7, 11) is 1.65. The van der Waals surface area contributed by atoms with Gasteiger partial charge in [-0.25, -0.2) is 4.98 Å². The van der Waals surface area contributed by atoms with Crippen LogP contribution in [0.25, 0.3) is 0 Å². The van der Waals surface area contributed by atoms with E-state index in [1.807, 2.05) is 43.3 Å². The summed E-state index contributed by atoms with van der Waals surface area (Å²) in [5.74, 6) is 2.95. The number of aromatic nitrogens is 2. The van der Waals surface area contributed by atoms with Crippen LogP contribution in [0.5, 0.6) is 11.5 Å². The van der Waals surface area contributed by atoms with Gasteiger partial charge < -0.3 is 20.1 Å². The summed E-state index contributed by atoms with van der Waals surface area (Å²) in [5, 5.41) is 6.59. The molecule has 1 heterocycles. The van der Waals surface area contributed by atoms with Crippen LogP contribution < -0.4 is 20.1 Å². The van der Waals surface area contributed by atoms with Crippen LogP contribution in [0.2, 0.25) is 0 Å². The first-order valence-corrected chi connectivity index (χ1v) is 9.24. The number of aryl methyl sites for hydroxylation is 3. The first-order valence-electron chi connectivity index (χ1n) is 9.24. The third-order valence-corrected chi connectivity index (χ3v) is 4.22. The van der Waals surface area contributed by atoms with Crippen LogP contribution in [0.4, 0.5) is 17.5 Å². The lowest BCUT2D eigenvalue weighted by molar-refractivity contribution is 0.331. The molecule has 0 saturated heterocycles. The molecule has 1 aromatic heterocycles. The van der Waals surface area contributed by atoms with Gasteiger partial charge in [-0.15, -0.1) is 0 Å². The summed E-state index contributed by atoms with van der Waals surface area (Å²) in [6.45, 7) is 7.26. The maximum absolute atomic E-state index is 5.73. The van der Waals surface area contributed by atoms with Crippen molar-refractivity contribution in [3.63, 3.8) is 0 Å². The quantitative estimate of drug-likeness (QED) is 0.556. The summed E-state index contributed by atoms with van der Waals surface area (Å²) < 4.78 is 10.9. The molecular weight excluding hydrogens is 352 g/mol. The molecule has 0 saturated carbocycles. The number of rotatable bonds is 8. The molecule has 0 unspecified atom stereocenters. The number of hydrogen-bond donors (Lipinski definition) is 2. The number of anilines is 3. The Morgan fingerprint density at radius 1 is 0.893 bits per heavy atom. The van der Waals surface area contributed by atoms with Gasteiger partial charge in [0, 0.05) is 17.4 Å². The van der Waals surface area contributed by atoms with Gasteiger partial charge >= 0.3 is 0 Å². The fourth-order valence-corrected chi connectivity index (χ4v) is 2.81. The number of ether oxygens (including phenoxy) is 2. The van der Waals surface area contributed by atoms with E-state index in [0.717, 1.165) is 34.3 Å². The molecule has 3 rings (SSSR count). The van der Waals surface area contributed by atoms with Crippen LogP contribution in [0.1, 0.15) is 16.8 Å². The zero-order valence-electron chi connectivity index (χ0n) is 16.7. The van der Waals surface area contributed by atoms with Gasteiger partial charge in [-0.1, -0.05) is 17.7 Å². The van der Waals surface area contributed by atoms with E-state index in [1.165, 1.54) is 5.56 Å². The number of nitrogens with one attached hydrogen (secondary N) is 2. The first kappa shape index (κ1) is 19.5. The highest BCUT2D eigenvalue weighted by Gasteiger charge is 2.05. The number of benzene rings is 2. The van der Waals surface area contributed by atoms with E-state index >= 15 is 0 Å². The minimum absolute atomic E-state index is 0.523. The highest BCUT2D eigenvalue weighted by Crippen LogP contribution is 2.21. The summed E-state index contributed by atoms with van der Waals surface area (Å²) in [6.07, 6.45) is 0. The second-order valence-corrected chi connectivity index (χ2v) is 6.61. The second-order valence-electron chi connectivity index (χ2n) is 6.61. The van der Waals surface area contributed by atoms with Crippen LogP contribution in [-0.2, 0) is 0 Å². The van der Waals surface area contributed by atoms with Crippen LogP contribution in [0.15, 0.2) is 48.5 Å². The van der Waals surface area contributed by atoms with Crippen molar-refractivity contribution in [2.45, 2.75) is 20.8 Å². The lowest BCUT2D eigenvalue weighted by atomic mass is 10.1. The molecule has 0 atom stereocenters. The molecule has 0 aliphatic carbocycles. The Bertz CT molecular complexity index is 926. The lowest BCUT2D eigenvalue weighted by Gasteiger charge is -2.12. The molecular formula is C22H26N4O2. The summed E-state index contributed by atoms with van der Waals surface area (Å²) >= 11 is 0. The summed E-state index contributed by atoms with van der Waals surface area (Å²) in [4.78, 5) is 9.03. The predicted octanol–water partition coefficient (Wildman–Crippen LogP) is 4.64. The maximum atomic E-state index is 5.73. The van der Waals surface area contributed by atoms with Crippen molar-refractivity contribution in [1.29, 1.82) is 0 Å². The molecule has 0 amide bonds. The Kier molecular flexibility index (Phi) is 6.32. The SMILES string of the molecule is COc1ccc(OCCNc2cc(C)nc(Nc3ccc(C)cc3C)n2)cc1. The van der Waals surface area contributed by atoms with Crippen molar-refractivity contribution >= 4 is 17.5 Å². The van der Waals surface area contributed by atoms with Gasteiger partial charge in [0.25, 0.3) is 0 Å². The average molecular weight is 378 g/mol. The molecule has 0 aliphatic heterocycles. The monoisotopic (exact) mass is 378 g/mol. The maximum Gasteiger partial charge on any atom is 0.229 e. The number of methoxy groups -OCH3 is 1. The molecule has 3 aromatic rings. The van der Waals surface area contributed by atoms with Crippen molar-refractivity contribution in [1.82, 2.24) is 9.97 Å². The molecule has 0 bridgehead atoms. The van der Waals surface area contributed by atoms with Gasteiger partial charge in [0.15, 0.2) is 0 Å². The van der Waals surface area contributed by atoms with Gasteiger partial charge in [0.2, 0.25) is 5.95 Å². The summed E-state index contributed by atoms with van der Waals surface area (Å²) in [6, 6.07) is 15.7. The topological polar surface area (TPSA) is 68.3 Å². The molecule has 2 aromatic carbocycles. The zero-order valence-corrected chi connectivity index (χ0v) is 16.7. The molecule has 6 nitrogen and oxygen atoms in total. The second kappa shape index (κ2) is 9.08. The molecule has 146 valence electrons. The van der Waals surface area contributed by atoms with Crippen molar-refractivity contribution in [2.75, 3.05) is 30.9 Å². The molecule has 0 radical (unpaired) electrons. The van der Waals surface area contributed by atoms with Crippen LogP contribution in [0.3, 0.4) is 0 Å². The Balaban J connectivity index is 1.56. The van der Waals surface area contributed by atoms with E-state index in [-0.39, 0.29) is 0 Å². The van der Waals surface area contributed by atoms with Crippen LogP contribution in [-0.4, -0.2) is 30.2 Å². The Hall–Kier alpha value is -3.28. The van der Waals surface area contributed by atoms with E-state index in [4.69, 9.17) is 9.47 Å². The fourth-order valence-electron chi connectivity index (χ4n) is 2.81. The minimum Gasteiger partial charge on any atom is -0.497 e. The smallest absolute Gasteiger partial charge is 0.229 e. The van der Waals surface area contributed by atoms with E-state index in [9.17, 15) is 0 Å². The van der Waals surface area contributed by atoms with Gasteiger partial charge in [-0.2, -0.15) is 4.98 Å². The molecule has 0 fully saturated rings. The van der Waals surface area contributed by atoms with E-state index in [0.29, 0.717) is 19.1 Å². The highest BCUT2D eigenvalue weighted by molar-refractivity contribution is 5.60. The Morgan fingerprint density at radius 2 is 1.64 bits per heavy atom. The van der Waals surface area contributed by atoms with Crippen molar-refractivity contribution in [3.05, 3.63) is 65.4 Å². The van der Waals surface area contributed by atoms with Crippen molar-refractivity contribution < 1.29 is 9.47 Å². The third kappa shape index (κ3) is 5.36. The lowest BCUT2D eigenvalue weighted by Crippen LogP contribution is -2.13. The normalized spacial score (nSPS) is 10.4. The fraction of sp³-hybridized carbons (Fsp3) is 0.273. The van der Waals surface area contributed by atoms with E-state index in [1.54, 1.807) is 7.11 Å².